The van der Waals surface area contributed by atoms with Crippen LogP contribution in [-0.4, -0.2) is 11.6 Å². The lowest BCUT2D eigenvalue weighted by atomic mass is 10.2. The summed E-state index contributed by atoms with van der Waals surface area (Å²) in [6.45, 7) is 11.9. The molecule has 0 saturated carbocycles. The Labute approximate surface area is 111 Å². The van der Waals surface area contributed by atoms with E-state index in [9.17, 15) is 4.79 Å². The van der Waals surface area contributed by atoms with Crippen LogP contribution in [0.4, 0.5) is 5.69 Å². The molecule has 2 rings (SSSR count). The Morgan fingerprint density at radius 2 is 1.50 bits per heavy atom. The van der Waals surface area contributed by atoms with Gasteiger partial charge in [-0.3, -0.25) is 4.79 Å². The van der Waals surface area contributed by atoms with Crippen molar-refractivity contribution in [1.82, 2.24) is 0 Å². The third kappa shape index (κ3) is 4.32. The number of carbonyl (C=O) groups is 1. The van der Waals surface area contributed by atoms with Crippen LogP contribution in [0, 0.1) is 6.92 Å². The predicted molar refractivity (Wildman–Crippen MR) is 79.1 cm³/mol. The Balaban J connectivity index is 0.000000659. The van der Waals surface area contributed by atoms with Crippen molar-refractivity contribution < 1.29 is 4.79 Å². The third-order valence-corrected chi connectivity index (χ3v) is 2.19. The van der Waals surface area contributed by atoms with Crippen LogP contribution in [0.3, 0.4) is 0 Å². The monoisotopic (exact) mass is 248 g/mol. The van der Waals surface area contributed by atoms with Crippen molar-refractivity contribution in [2.45, 2.75) is 48.0 Å². The lowest BCUT2D eigenvalue weighted by Crippen LogP contribution is -2.19. The molecule has 1 heterocycles. The van der Waals surface area contributed by atoms with Crippen molar-refractivity contribution in [3.8, 4) is 0 Å². The summed E-state index contributed by atoms with van der Waals surface area (Å²) in [5.74, 6) is 0.0475. The molecule has 0 bridgehead atoms. The zero-order valence-corrected chi connectivity index (χ0v) is 12.3. The minimum atomic E-state index is 0.0475. The van der Waals surface area contributed by atoms with E-state index in [2.05, 4.69) is 5.10 Å². The molecule has 0 saturated heterocycles. The van der Waals surface area contributed by atoms with Crippen molar-refractivity contribution in [3.05, 3.63) is 29.8 Å². The maximum Gasteiger partial charge on any atom is 0.253 e. The third-order valence-electron chi connectivity index (χ3n) is 2.19. The summed E-state index contributed by atoms with van der Waals surface area (Å²) in [5, 5.41) is 5.64. The normalized spacial score (nSPS) is 13.1. The van der Waals surface area contributed by atoms with Crippen LogP contribution in [-0.2, 0) is 4.79 Å². The summed E-state index contributed by atoms with van der Waals surface area (Å²) in [7, 11) is 0. The molecule has 18 heavy (non-hydrogen) atoms. The van der Waals surface area contributed by atoms with E-state index in [1.165, 1.54) is 10.6 Å². The highest BCUT2D eigenvalue weighted by molar-refractivity contribution is 6.12. The molecule has 0 N–H and O–H groups in total. The van der Waals surface area contributed by atoms with Crippen molar-refractivity contribution in [1.29, 1.82) is 0 Å². The Morgan fingerprint density at radius 3 is 1.89 bits per heavy atom. The van der Waals surface area contributed by atoms with E-state index in [-0.39, 0.29) is 5.91 Å². The highest BCUT2D eigenvalue weighted by Crippen LogP contribution is 2.20. The maximum absolute atomic E-state index is 11.5. The summed E-state index contributed by atoms with van der Waals surface area (Å²) in [4.78, 5) is 11.5. The zero-order chi connectivity index (χ0) is 14.1. The number of rotatable bonds is 1. The zero-order valence-electron chi connectivity index (χ0n) is 12.3. The first-order valence-corrected chi connectivity index (χ1v) is 6.60. The molecule has 0 atom stereocenters. The van der Waals surface area contributed by atoms with Crippen LogP contribution in [0.5, 0.6) is 0 Å². The largest absolute Gasteiger partial charge is 0.272 e. The van der Waals surface area contributed by atoms with Gasteiger partial charge in [0.05, 0.1) is 12.1 Å². The number of hydrogen-bond donors (Lipinski definition) is 0. The van der Waals surface area contributed by atoms with Crippen LogP contribution in [0.1, 0.15) is 46.6 Å². The number of benzene rings is 1. The quantitative estimate of drug-likeness (QED) is 0.734. The fourth-order valence-electron chi connectivity index (χ4n) is 1.44. The van der Waals surface area contributed by atoms with E-state index >= 15 is 0 Å². The molecule has 0 aliphatic carbocycles. The first-order valence-electron chi connectivity index (χ1n) is 6.60. The topological polar surface area (TPSA) is 32.7 Å². The van der Waals surface area contributed by atoms with Gasteiger partial charge in [0.1, 0.15) is 0 Å². The summed E-state index contributed by atoms with van der Waals surface area (Å²) in [6, 6.07) is 7.78. The second-order valence-electron chi connectivity index (χ2n) is 3.55. The van der Waals surface area contributed by atoms with Gasteiger partial charge in [0.15, 0.2) is 0 Å². The van der Waals surface area contributed by atoms with E-state index in [1.807, 2.05) is 65.8 Å². The standard InChI is InChI=1S/C11H12N2O.2C2H6/c1-8-3-5-10(6-4-8)13-11(14)7-9(2)12-13;2*1-2/h3-6H,7H2,1-2H3;2*1-2H3. The van der Waals surface area contributed by atoms with Gasteiger partial charge >= 0.3 is 0 Å². The number of amides is 1. The van der Waals surface area contributed by atoms with Gasteiger partial charge in [-0.15, -0.1) is 0 Å². The van der Waals surface area contributed by atoms with Gasteiger partial charge in [-0.1, -0.05) is 45.4 Å². The van der Waals surface area contributed by atoms with Crippen molar-refractivity contribution in [2.24, 2.45) is 5.10 Å². The van der Waals surface area contributed by atoms with E-state index in [1.54, 1.807) is 0 Å². The average Bonchev–Trinajstić information content (AvgIpc) is 2.74. The average molecular weight is 248 g/mol. The van der Waals surface area contributed by atoms with Gasteiger partial charge in [0, 0.05) is 5.71 Å². The molecule has 3 nitrogen and oxygen atoms in total. The van der Waals surface area contributed by atoms with Crippen LogP contribution < -0.4 is 5.01 Å². The molecule has 1 amide bonds. The molecule has 1 aliphatic rings. The maximum atomic E-state index is 11.5. The number of carbonyl (C=O) groups excluding carboxylic acids is 1. The van der Waals surface area contributed by atoms with Gasteiger partial charge in [-0.2, -0.15) is 5.10 Å². The molecule has 0 aromatic heterocycles. The second kappa shape index (κ2) is 8.45. The Bertz CT molecular complexity index is 393. The fourth-order valence-corrected chi connectivity index (χ4v) is 1.44. The number of aryl methyl sites for hydroxylation is 1. The SMILES string of the molecule is CC.CC.CC1=NN(c2ccc(C)cc2)C(=O)C1. The minimum absolute atomic E-state index is 0.0475. The number of hydrazone groups is 1. The van der Waals surface area contributed by atoms with Crippen LogP contribution in [0.15, 0.2) is 29.4 Å². The summed E-state index contributed by atoms with van der Waals surface area (Å²) in [6.07, 6.45) is 0.438. The van der Waals surface area contributed by atoms with E-state index in [4.69, 9.17) is 0 Å². The minimum Gasteiger partial charge on any atom is -0.272 e. The summed E-state index contributed by atoms with van der Waals surface area (Å²) in [5.41, 5.74) is 2.90. The first kappa shape index (κ1) is 16.4. The highest BCUT2D eigenvalue weighted by Gasteiger charge is 2.22. The van der Waals surface area contributed by atoms with Crippen molar-refractivity contribution in [2.75, 3.05) is 5.01 Å². The molecule has 1 aromatic rings. The van der Waals surface area contributed by atoms with E-state index < -0.39 is 0 Å². The van der Waals surface area contributed by atoms with E-state index in [0.717, 1.165) is 11.4 Å². The van der Waals surface area contributed by atoms with Gasteiger partial charge in [0.2, 0.25) is 0 Å². The lowest BCUT2D eigenvalue weighted by molar-refractivity contribution is -0.116. The smallest absolute Gasteiger partial charge is 0.253 e. The molecule has 3 heteroatoms. The first-order chi connectivity index (χ1) is 8.66. The fraction of sp³-hybridized carbons (Fsp3) is 0.467. The van der Waals surface area contributed by atoms with Gasteiger partial charge in [0.25, 0.3) is 5.91 Å². The predicted octanol–water partition coefficient (Wildman–Crippen LogP) is 4.16. The van der Waals surface area contributed by atoms with Crippen molar-refractivity contribution >= 4 is 17.3 Å². The number of hydrogen-bond acceptors (Lipinski definition) is 2. The molecule has 0 fully saturated rings. The Kier molecular flexibility index (Phi) is 7.68. The summed E-state index contributed by atoms with van der Waals surface area (Å²) >= 11 is 0. The van der Waals surface area contributed by atoms with Gasteiger partial charge in [-0.25, -0.2) is 5.01 Å². The van der Waals surface area contributed by atoms with Crippen LogP contribution in [0.2, 0.25) is 0 Å². The molecular formula is C15H24N2O. The second-order valence-corrected chi connectivity index (χ2v) is 3.55. The van der Waals surface area contributed by atoms with Gasteiger partial charge in [-0.05, 0) is 26.0 Å². The highest BCUT2D eigenvalue weighted by atomic mass is 16.2. The molecule has 100 valence electrons. The van der Waals surface area contributed by atoms with Crippen LogP contribution in [0.25, 0.3) is 0 Å². The molecule has 1 aromatic carbocycles. The Hall–Kier alpha value is -1.64. The summed E-state index contributed by atoms with van der Waals surface area (Å²) < 4.78 is 0. The van der Waals surface area contributed by atoms with Crippen LogP contribution >= 0.6 is 0 Å². The molecule has 0 radical (unpaired) electrons. The van der Waals surface area contributed by atoms with Crippen molar-refractivity contribution in [3.63, 3.8) is 0 Å². The molecule has 0 unspecified atom stereocenters. The van der Waals surface area contributed by atoms with Gasteiger partial charge < -0.3 is 0 Å². The molecule has 1 aliphatic heterocycles. The molecule has 0 spiro atoms. The number of anilines is 1. The lowest BCUT2D eigenvalue weighted by Gasteiger charge is -2.11. The Morgan fingerprint density at radius 1 is 1.00 bits per heavy atom. The van der Waals surface area contributed by atoms with E-state index in [0.29, 0.717) is 6.42 Å². The molecular weight excluding hydrogens is 224 g/mol. The number of nitrogens with zero attached hydrogens (tertiary/aromatic N) is 2.